The Kier molecular flexibility index (Phi) is 5.11. The quantitative estimate of drug-likeness (QED) is 0.862. The summed E-state index contributed by atoms with van der Waals surface area (Å²) in [5.74, 6) is -0.0747. The maximum absolute atomic E-state index is 12.0. The highest BCUT2D eigenvalue weighted by molar-refractivity contribution is 9.10. The van der Waals surface area contributed by atoms with E-state index in [2.05, 4.69) is 52.2 Å². The molecule has 0 saturated carbocycles. The van der Waals surface area contributed by atoms with Gasteiger partial charge in [0, 0.05) is 9.89 Å². The van der Waals surface area contributed by atoms with Crippen LogP contribution in [0.25, 0.3) is 0 Å². The maximum atomic E-state index is 12.0. The minimum atomic E-state index is -0.0747. The van der Waals surface area contributed by atoms with Crippen molar-refractivity contribution in [1.29, 1.82) is 0 Å². The van der Waals surface area contributed by atoms with Crippen molar-refractivity contribution in [2.75, 3.05) is 5.32 Å². The van der Waals surface area contributed by atoms with Gasteiger partial charge in [0.25, 0.3) is 0 Å². The van der Waals surface area contributed by atoms with Gasteiger partial charge >= 0.3 is 0 Å². The van der Waals surface area contributed by atoms with Crippen LogP contribution in [0.2, 0.25) is 0 Å². The summed E-state index contributed by atoms with van der Waals surface area (Å²) in [6, 6.07) is 7.70. The molecule has 21 heavy (non-hydrogen) atoms. The number of nitrogens with one attached hydrogen (secondary N) is 1. The molecule has 0 radical (unpaired) electrons. The Morgan fingerprint density at radius 3 is 2.57 bits per heavy atom. The molecule has 1 heterocycles. The first-order chi connectivity index (χ1) is 9.90. The van der Waals surface area contributed by atoms with E-state index in [9.17, 15) is 4.79 Å². The molecule has 0 saturated heterocycles. The van der Waals surface area contributed by atoms with E-state index in [4.69, 9.17) is 0 Å². The predicted octanol–water partition coefficient (Wildman–Crippen LogP) is 4.17. The molecule has 6 heteroatoms. The zero-order chi connectivity index (χ0) is 15.5. The molecule has 0 atom stereocenters. The van der Waals surface area contributed by atoms with E-state index in [1.54, 1.807) is 0 Å². The normalized spacial score (nSPS) is 11.4. The van der Waals surface area contributed by atoms with Crippen LogP contribution in [0.15, 0.2) is 28.7 Å². The van der Waals surface area contributed by atoms with Gasteiger partial charge in [-0.05, 0) is 24.1 Å². The van der Waals surface area contributed by atoms with Crippen LogP contribution in [-0.2, 0) is 16.6 Å². The number of anilines is 1. The lowest BCUT2D eigenvalue weighted by atomic mass is 9.91. The molecule has 0 unspecified atom stereocenters. The second kappa shape index (κ2) is 6.66. The Morgan fingerprint density at radius 2 is 1.95 bits per heavy atom. The lowest BCUT2D eigenvalue weighted by molar-refractivity contribution is -0.115. The van der Waals surface area contributed by atoms with Gasteiger partial charge in [0.05, 0.1) is 6.42 Å². The molecular weight excluding hydrogens is 350 g/mol. The van der Waals surface area contributed by atoms with E-state index in [0.29, 0.717) is 11.6 Å². The summed E-state index contributed by atoms with van der Waals surface area (Å²) in [5.41, 5.74) is 0.959. The molecule has 0 spiro atoms. The predicted molar refractivity (Wildman–Crippen MR) is 89.7 cm³/mol. The van der Waals surface area contributed by atoms with E-state index in [-0.39, 0.29) is 11.3 Å². The first kappa shape index (κ1) is 16.1. The lowest BCUT2D eigenvalue weighted by Crippen LogP contribution is -2.14. The van der Waals surface area contributed by atoms with Crippen LogP contribution in [0.1, 0.15) is 37.8 Å². The molecule has 1 aromatic carbocycles. The average molecular weight is 368 g/mol. The van der Waals surface area contributed by atoms with Gasteiger partial charge in [-0.15, -0.1) is 10.2 Å². The molecule has 2 aromatic rings. The van der Waals surface area contributed by atoms with E-state index in [1.807, 2.05) is 24.3 Å². The average Bonchev–Trinajstić information content (AvgIpc) is 2.90. The van der Waals surface area contributed by atoms with Crippen molar-refractivity contribution < 1.29 is 4.79 Å². The Hall–Kier alpha value is -1.27. The summed E-state index contributed by atoms with van der Waals surface area (Å²) in [7, 11) is 0. The number of halogens is 1. The highest BCUT2D eigenvalue weighted by atomic mass is 79.9. The third-order valence-corrected chi connectivity index (χ3v) is 5.15. The standard InChI is InChI=1S/C15H18BrN3OS/c1-4-15(2,3)13-18-19-14(21-13)17-12(20)9-10-5-7-11(16)8-6-10/h5-8H,4,9H2,1-3H3,(H,17,19,20). The van der Waals surface area contributed by atoms with E-state index < -0.39 is 0 Å². The monoisotopic (exact) mass is 367 g/mol. The van der Waals surface area contributed by atoms with Crippen molar-refractivity contribution >= 4 is 38.3 Å². The van der Waals surface area contributed by atoms with Crippen molar-refractivity contribution in [1.82, 2.24) is 10.2 Å². The molecule has 1 N–H and O–H groups in total. The molecule has 1 aromatic heterocycles. The van der Waals surface area contributed by atoms with Crippen molar-refractivity contribution in [3.8, 4) is 0 Å². The van der Waals surface area contributed by atoms with Crippen molar-refractivity contribution in [2.24, 2.45) is 0 Å². The Morgan fingerprint density at radius 1 is 1.29 bits per heavy atom. The highest BCUT2D eigenvalue weighted by Gasteiger charge is 2.23. The molecule has 0 aliphatic rings. The molecule has 0 fully saturated rings. The lowest BCUT2D eigenvalue weighted by Gasteiger charge is -2.17. The highest BCUT2D eigenvalue weighted by Crippen LogP contribution is 2.30. The number of amides is 1. The number of aromatic nitrogens is 2. The van der Waals surface area contributed by atoms with Gasteiger partial charge in [0.15, 0.2) is 0 Å². The summed E-state index contributed by atoms with van der Waals surface area (Å²) in [6.45, 7) is 6.37. The first-order valence-corrected chi connectivity index (χ1v) is 8.40. The van der Waals surface area contributed by atoms with E-state index >= 15 is 0 Å². The Labute approximate surface area is 137 Å². The van der Waals surface area contributed by atoms with Gasteiger partial charge in [-0.2, -0.15) is 0 Å². The third-order valence-electron chi connectivity index (χ3n) is 3.41. The smallest absolute Gasteiger partial charge is 0.230 e. The van der Waals surface area contributed by atoms with Crippen LogP contribution in [-0.4, -0.2) is 16.1 Å². The van der Waals surface area contributed by atoms with E-state index in [0.717, 1.165) is 21.5 Å². The van der Waals surface area contributed by atoms with Gasteiger partial charge in [0.1, 0.15) is 5.01 Å². The zero-order valence-electron chi connectivity index (χ0n) is 12.3. The van der Waals surface area contributed by atoms with E-state index in [1.165, 1.54) is 11.3 Å². The number of carbonyl (C=O) groups is 1. The van der Waals surface area contributed by atoms with Crippen LogP contribution in [0.4, 0.5) is 5.13 Å². The third kappa shape index (κ3) is 4.35. The van der Waals surface area contributed by atoms with Crippen molar-refractivity contribution in [2.45, 2.75) is 39.0 Å². The molecular formula is C15H18BrN3OS. The minimum absolute atomic E-state index is 0.00759. The summed E-state index contributed by atoms with van der Waals surface area (Å²) in [4.78, 5) is 12.0. The summed E-state index contributed by atoms with van der Waals surface area (Å²) >= 11 is 4.82. The first-order valence-electron chi connectivity index (χ1n) is 6.79. The van der Waals surface area contributed by atoms with Gasteiger partial charge in [-0.25, -0.2) is 0 Å². The Balaban J connectivity index is 1.98. The number of rotatable bonds is 5. The second-order valence-electron chi connectivity index (χ2n) is 5.50. The summed E-state index contributed by atoms with van der Waals surface area (Å²) < 4.78 is 1.00. The van der Waals surface area contributed by atoms with Crippen LogP contribution in [0.5, 0.6) is 0 Å². The fourth-order valence-corrected chi connectivity index (χ4v) is 2.85. The molecule has 112 valence electrons. The van der Waals surface area contributed by atoms with Crippen LogP contribution >= 0.6 is 27.3 Å². The summed E-state index contributed by atoms with van der Waals surface area (Å²) in [5, 5.41) is 12.6. The van der Waals surface area contributed by atoms with Gasteiger partial charge in [-0.3, -0.25) is 4.79 Å². The molecule has 0 bridgehead atoms. The number of nitrogens with zero attached hydrogens (tertiary/aromatic N) is 2. The number of hydrogen-bond acceptors (Lipinski definition) is 4. The fraction of sp³-hybridized carbons (Fsp3) is 0.400. The van der Waals surface area contributed by atoms with Crippen LogP contribution < -0.4 is 5.32 Å². The minimum Gasteiger partial charge on any atom is -0.300 e. The maximum Gasteiger partial charge on any atom is 0.230 e. The zero-order valence-corrected chi connectivity index (χ0v) is 14.7. The molecule has 4 nitrogen and oxygen atoms in total. The number of benzene rings is 1. The number of carbonyl (C=O) groups excluding carboxylic acids is 1. The fourth-order valence-electron chi connectivity index (χ4n) is 1.65. The van der Waals surface area contributed by atoms with Crippen LogP contribution in [0, 0.1) is 0 Å². The SMILES string of the molecule is CCC(C)(C)c1nnc(NC(=O)Cc2ccc(Br)cc2)s1. The molecule has 0 aliphatic heterocycles. The van der Waals surface area contributed by atoms with Crippen LogP contribution in [0.3, 0.4) is 0 Å². The molecule has 2 rings (SSSR count). The van der Waals surface area contributed by atoms with Crippen molar-refractivity contribution in [3.05, 3.63) is 39.3 Å². The largest absolute Gasteiger partial charge is 0.300 e. The van der Waals surface area contributed by atoms with Gasteiger partial charge in [0.2, 0.25) is 11.0 Å². The van der Waals surface area contributed by atoms with Crippen molar-refractivity contribution in [3.63, 3.8) is 0 Å². The molecule has 1 amide bonds. The topological polar surface area (TPSA) is 54.9 Å². The molecule has 0 aliphatic carbocycles. The Bertz CT molecular complexity index is 622. The number of hydrogen-bond donors (Lipinski definition) is 1. The van der Waals surface area contributed by atoms with Gasteiger partial charge < -0.3 is 5.32 Å². The van der Waals surface area contributed by atoms with Gasteiger partial charge in [-0.1, -0.05) is 60.2 Å². The summed E-state index contributed by atoms with van der Waals surface area (Å²) in [6.07, 6.45) is 1.31. The second-order valence-corrected chi connectivity index (χ2v) is 7.39.